The van der Waals surface area contributed by atoms with Crippen LogP contribution in [-0.4, -0.2) is 32.7 Å². The summed E-state index contributed by atoms with van der Waals surface area (Å²) in [6, 6.07) is 0.422. The van der Waals surface area contributed by atoms with E-state index in [9.17, 15) is 20.1 Å². The number of carbonyl (C=O) groups is 1. The lowest BCUT2D eigenvalue weighted by Crippen LogP contribution is -2.46. The molecule has 5 nitrogen and oxygen atoms in total. The molecule has 0 saturated heterocycles. The van der Waals surface area contributed by atoms with Crippen molar-refractivity contribution in [1.82, 2.24) is 5.32 Å². The molecule has 0 aliphatic heterocycles. The van der Waals surface area contributed by atoms with Crippen LogP contribution < -0.4 is 5.32 Å². The molecule has 1 rings (SSSR count). The smallest absolute Gasteiger partial charge is 0.183 e. The molecule has 0 aliphatic carbocycles. The van der Waals surface area contributed by atoms with E-state index in [1.165, 1.54) is 0 Å². The van der Waals surface area contributed by atoms with Crippen LogP contribution in [0.25, 0.3) is 0 Å². The molecule has 19 heavy (non-hydrogen) atoms. The van der Waals surface area contributed by atoms with Crippen LogP contribution in [0, 0.1) is 0 Å². The Labute approximate surface area is 116 Å². The Morgan fingerprint density at radius 1 is 1.26 bits per heavy atom. The van der Waals surface area contributed by atoms with Gasteiger partial charge < -0.3 is 20.6 Å². The number of carbonyl (C=O) groups excluding carboxylic acids is 1. The quantitative estimate of drug-likeness (QED) is 0.389. The molecule has 6 heteroatoms. The van der Waals surface area contributed by atoms with E-state index in [1.807, 2.05) is 20.8 Å². The number of nitrogens with one attached hydrogen (secondary N) is 1. The molecule has 0 spiro atoms. The van der Waals surface area contributed by atoms with Gasteiger partial charge >= 0.3 is 0 Å². The van der Waals surface area contributed by atoms with Crippen LogP contribution in [0.5, 0.6) is 17.2 Å². The van der Waals surface area contributed by atoms with Gasteiger partial charge in [-0.25, -0.2) is 0 Å². The minimum absolute atomic E-state index is 0.135. The lowest BCUT2D eigenvalue weighted by molar-refractivity contribution is 0.0932. The maximum atomic E-state index is 12.2. The number of rotatable bonds is 3. The molecule has 106 valence electrons. The van der Waals surface area contributed by atoms with Gasteiger partial charge in [0.15, 0.2) is 17.3 Å². The van der Waals surface area contributed by atoms with Crippen LogP contribution in [0.3, 0.4) is 0 Å². The van der Waals surface area contributed by atoms with Crippen LogP contribution in [0.1, 0.15) is 38.1 Å². The molecule has 4 N–H and O–H groups in total. The standard InChI is InChI=1S/C13H18ClNO4/c1-6(15-13(2,3)4)10(17)7-5-8(16)12(19)9(14)11(7)18/h5-6,15-16,18-19H,1-4H3. The number of aromatic hydroxyl groups is 3. The first-order chi connectivity index (χ1) is 8.54. The average molecular weight is 288 g/mol. The Morgan fingerprint density at radius 2 is 1.79 bits per heavy atom. The number of halogens is 1. The molecule has 0 fully saturated rings. The van der Waals surface area contributed by atoms with E-state index in [2.05, 4.69) is 5.32 Å². The van der Waals surface area contributed by atoms with E-state index in [0.717, 1.165) is 6.07 Å². The molecular weight excluding hydrogens is 270 g/mol. The van der Waals surface area contributed by atoms with Crippen LogP contribution in [0.2, 0.25) is 5.02 Å². The molecule has 1 atom stereocenters. The Kier molecular flexibility index (Phi) is 4.32. The van der Waals surface area contributed by atoms with E-state index < -0.39 is 34.1 Å². The van der Waals surface area contributed by atoms with E-state index in [4.69, 9.17) is 11.6 Å². The fraction of sp³-hybridized carbons (Fsp3) is 0.462. The Balaban J connectivity index is 3.14. The van der Waals surface area contributed by atoms with Gasteiger partial charge in [0, 0.05) is 5.54 Å². The van der Waals surface area contributed by atoms with Crippen molar-refractivity contribution in [2.24, 2.45) is 0 Å². The summed E-state index contributed by atoms with van der Waals surface area (Å²) in [5.74, 6) is -2.16. The molecule has 1 unspecified atom stereocenters. The van der Waals surface area contributed by atoms with Gasteiger partial charge in [0.05, 0.1) is 11.6 Å². The first-order valence-electron chi connectivity index (χ1n) is 5.80. The summed E-state index contributed by atoms with van der Waals surface area (Å²) in [5, 5.41) is 31.2. The highest BCUT2D eigenvalue weighted by atomic mass is 35.5. The van der Waals surface area contributed by atoms with Gasteiger partial charge in [0.2, 0.25) is 0 Å². The lowest BCUT2D eigenvalue weighted by Gasteiger charge is -2.25. The predicted octanol–water partition coefficient (Wildman–Crippen LogP) is 2.42. The van der Waals surface area contributed by atoms with E-state index >= 15 is 0 Å². The maximum absolute atomic E-state index is 12.2. The minimum atomic E-state index is -0.646. The molecule has 0 radical (unpaired) electrons. The molecule has 0 amide bonds. The highest BCUT2D eigenvalue weighted by Crippen LogP contribution is 2.42. The highest BCUT2D eigenvalue weighted by Gasteiger charge is 2.26. The van der Waals surface area contributed by atoms with Crippen molar-refractivity contribution >= 4 is 17.4 Å². The van der Waals surface area contributed by atoms with Gasteiger partial charge in [-0.2, -0.15) is 0 Å². The first-order valence-corrected chi connectivity index (χ1v) is 6.17. The maximum Gasteiger partial charge on any atom is 0.183 e. The SMILES string of the molecule is CC(NC(C)(C)C)C(=O)c1cc(O)c(O)c(Cl)c1O. The van der Waals surface area contributed by atoms with Crippen molar-refractivity contribution < 1.29 is 20.1 Å². The van der Waals surface area contributed by atoms with Crippen molar-refractivity contribution in [3.63, 3.8) is 0 Å². The van der Waals surface area contributed by atoms with E-state index in [0.29, 0.717) is 0 Å². The zero-order valence-corrected chi connectivity index (χ0v) is 12.0. The second-order valence-electron chi connectivity index (χ2n) is 5.43. The van der Waals surface area contributed by atoms with Gasteiger partial charge in [-0.05, 0) is 33.8 Å². The van der Waals surface area contributed by atoms with Crippen molar-refractivity contribution in [2.75, 3.05) is 0 Å². The van der Waals surface area contributed by atoms with Gasteiger partial charge in [0.25, 0.3) is 0 Å². The number of hydrogen-bond acceptors (Lipinski definition) is 5. The number of Topliss-reactive ketones (excluding diaryl/α,β-unsaturated/α-hetero) is 1. The summed E-state index contributed by atoms with van der Waals surface area (Å²) in [6.45, 7) is 7.35. The summed E-state index contributed by atoms with van der Waals surface area (Å²) in [6.07, 6.45) is 0. The summed E-state index contributed by atoms with van der Waals surface area (Å²) in [4.78, 5) is 12.2. The summed E-state index contributed by atoms with van der Waals surface area (Å²) >= 11 is 5.64. The highest BCUT2D eigenvalue weighted by molar-refractivity contribution is 6.34. The van der Waals surface area contributed by atoms with Gasteiger partial charge in [-0.1, -0.05) is 11.6 Å². The largest absolute Gasteiger partial charge is 0.505 e. The number of ketones is 1. The third kappa shape index (κ3) is 3.52. The van der Waals surface area contributed by atoms with Crippen LogP contribution >= 0.6 is 11.6 Å². The number of hydrogen-bond donors (Lipinski definition) is 4. The number of phenolic OH excluding ortho intramolecular Hbond substituents is 3. The van der Waals surface area contributed by atoms with Crippen molar-refractivity contribution in [2.45, 2.75) is 39.3 Å². The van der Waals surface area contributed by atoms with E-state index in [1.54, 1.807) is 6.92 Å². The average Bonchev–Trinajstić information content (AvgIpc) is 2.28. The zero-order valence-electron chi connectivity index (χ0n) is 11.3. The Morgan fingerprint density at radius 3 is 2.26 bits per heavy atom. The molecule has 0 aliphatic rings. The molecular formula is C13H18ClNO4. The van der Waals surface area contributed by atoms with Crippen molar-refractivity contribution in [3.8, 4) is 17.2 Å². The summed E-state index contributed by atoms with van der Waals surface area (Å²) < 4.78 is 0. The van der Waals surface area contributed by atoms with Crippen LogP contribution in [-0.2, 0) is 0 Å². The molecule has 0 bridgehead atoms. The van der Waals surface area contributed by atoms with E-state index in [-0.39, 0.29) is 11.1 Å². The first kappa shape index (κ1) is 15.6. The monoisotopic (exact) mass is 287 g/mol. The topological polar surface area (TPSA) is 89.8 Å². The predicted molar refractivity (Wildman–Crippen MR) is 73.1 cm³/mol. The van der Waals surface area contributed by atoms with Crippen LogP contribution in [0.15, 0.2) is 6.07 Å². The van der Waals surface area contributed by atoms with Gasteiger partial charge in [0.1, 0.15) is 10.8 Å². The summed E-state index contributed by atoms with van der Waals surface area (Å²) in [7, 11) is 0. The zero-order chi connectivity index (χ0) is 15.0. The Bertz CT molecular complexity index is 508. The Hall–Kier alpha value is -1.46. The fourth-order valence-corrected chi connectivity index (χ4v) is 1.95. The van der Waals surface area contributed by atoms with Crippen molar-refractivity contribution in [3.05, 3.63) is 16.7 Å². The molecule has 0 aromatic heterocycles. The second-order valence-corrected chi connectivity index (χ2v) is 5.81. The molecule has 1 aromatic carbocycles. The lowest BCUT2D eigenvalue weighted by atomic mass is 10.00. The third-order valence-corrected chi connectivity index (χ3v) is 2.86. The van der Waals surface area contributed by atoms with Gasteiger partial charge in [-0.15, -0.1) is 0 Å². The normalized spacial score (nSPS) is 13.3. The number of phenols is 3. The second kappa shape index (κ2) is 5.27. The molecule has 0 heterocycles. The molecule has 0 saturated carbocycles. The fourth-order valence-electron chi connectivity index (χ4n) is 1.75. The third-order valence-electron chi connectivity index (χ3n) is 2.50. The number of benzene rings is 1. The minimum Gasteiger partial charge on any atom is -0.505 e. The van der Waals surface area contributed by atoms with Crippen molar-refractivity contribution in [1.29, 1.82) is 0 Å². The summed E-state index contributed by atoms with van der Waals surface area (Å²) in [5.41, 5.74) is -0.419. The van der Waals surface area contributed by atoms with Crippen LogP contribution in [0.4, 0.5) is 0 Å². The van der Waals surface area contributed by atoms with Gasteiger partial charge in [-0.3, -0.25) is 4.79 Å². The molecule has 1 aromatic rings.